The molecule has 3 heteroatoms. The average Bonchev–Trinajstić information content (AvgIpc) is 2.25. The van der Waals surface area contributed by atoms with Crippen LogP contribution in [0.4, 0.5) is 4.39 Å². The van der Waals surface area contributed by atoms with E-state index in [2.05, 4.69) is 18.2 Å². The van der Waals surface area contributed by atoms with Gasteiger partial charge in [0.15, 0.2) is 0 Å². The summed E-state index contributed by atoms with van der Waals surface area (Å²) in [6, 6.07) is 4.40. The molecule has 1 rings (SSSR count). The first-order valence-electron chi connectivity index (χ1n) is 5.30. The molecule has 0 aliphatic carbocycles. The summed E-state index contributed by atoms with van der Waals surface area (Å²) >= 11 is 5.99. The molecule has 0 saturated heterocycles. The average molecular weight is 240 g/mol. The van der Waals surface area contributed by atoms with Crippen LogP contribution in [-0.4, -0.2) is 6.54 Å². The molecule has 1 atom stereocenters. The van der Waals surface area contributed by atoms with E-state index >= 15 is 0 Å². The van der Waals surface area contributed by atoms with Crippen LogP contribution < -0.4 is 5.32 Å². The highest BCUT2D eigenvalue weighted by atomic mass is 35.5. The fraction of sp³-hybridized carbons (Fsp3) is 0.385. The largest absolute Gasteiger partial charge is 0.309 e. The maximum atomic E-state index is 12.9. The van der Waals surface area contributed by atoms with Crippen molar-refractivity contribution in [1.29, 1.82) is 0 Å². The quantitative estimate of drug-likeness (QED) is 0.775. The van der Waals surface area contributed by atoms with Crippen molar-refractivity contribution in [2.24, 2.45) is 0 Å². The van der Waals surface area contributed by atoms with Gasteiger partial charge in [-0.2, -0.15) is 0 Å². The van der Waals surface area contributed by atoms with E-state index in [1.54, 1.807) is 6.07 Å². The zero-order valence-electron chi connectivity index (χ0n) is 9.26. The van der Waals surface area contributed by atoms with Gasteiger partial charge in [-0.25, -0.2) is 4.39 Å². The molecule has 0 heterocycles. The summed E-state index contributed by atoms with van der Waals surface area (Å²) in [4.78, 5) is 0. The Bertz CT molecular complexity index is 384. The minimum absolute atomic E-state index is 0.00181. The number of nitrogens with one attached hydrogen (secondary N) is 1. The molecule has 0 aromatic heterocycles. The monoisotopic (exact) mass is 239 g/mol. The Hall–Kier alpha value is -1.04. The van der Waals surface area contributed by atoms with Crippen LogP contribution in [-0.2, 0) is 0 Å². The molecule has 1 unspecified atom stereocenters. The molecule has 1 aromatic carbocycles. The molecule has 16 heavy (non-hydrogen) atoms. The van der Waals surface area contributed by atoms with Gasteiger partial charge in [-0.15, -0.1) is 12.3 Å². The third-order valence-electron chi connectivity index (χ3n) is 2.30. The van der Waals surface area contributed by atoms with Crippen LogP contribution in [0.1, 0.15) is 31.4 Å². The summed E-state index contributed by atoms with van der Waals surface area (Å²) in [5.41, 5.74) is 0.856. The molecule has 0 bridgehead atoms. The summed E-state index contributed by atoms with van der Waals surface area (Å²) in [6.45, 7) is 2.94. The van der Waals surface area contributed by atoms with E-state index in [0.29, 0.717) is 11.4 Å². The normalized spacial score (nSPS) is 12.1. The van der Waals surface area contributed by atoms with Crippen LogP contribution in [0, 0.1) is 18.2 Å². The van der Waals surface area contributed by atoms with E-state index in [1.807, 2.05) is 0 Å². The molecule has 0 fully saturated rings. The molecule has 1 aromatic rings. The van der Waals surface area contributed by atoms with Gasteiger partial charge >= 0.3 is 0 Å². The van der Waals surface area contributed by atoms with Crippen molar-refractivity contribution in [3.63, 3.8) is 0 Å². The summed E-state index contributed by atoms with van der Waals surface area (Å²) in [5.74, 6) is 2.27. The SMILES string of the molecule is C#CCC(NCCC)c1ccc(F)cc1Cl. The third kappa shape index (κ3) is 3.52. The second-order valence-corrected chi connectivity index (χ2v) is 3.99. The Morgan fingerprint density at radius 2 is 2.31 bits per heavy atom. The second kappa shape index (κ2) is 6.52. The van der Waals surface area contributed by atoms with Crippen molar-refractivity contribution in [3.05, 3.63) is 34.6 Å². The minimum Gasteiger partial charge on any atom is -0.309 e. The summed E-state index contributed by atoms with van der Waals surface area (Å²) in [5, 5.41) is 3.72. The van der Waals surface area contributed by atoms with E-state index in [1.165, 1.54) is 12.1 Å². The van der Waals surface area contributed by atoms with Crippen LogP contribution in [0.5, 0.6) is 0 Å². The van der Waals surface area contributed by atoms with E-state index in [9.17, 15) is 4.39 Å². The lowest BCUT2D eigenvalue weighted by Gasteiger charge is -2.17. The molecular weight excluding hydrogens is 225 g/mol. The molecular formula is C13H15ClFN. The minimum atomic E-state index is -0.330. The van der Waals surface area contributed by atoms with Gasteiger partial charge in [-0.3, -0.25) is 0 Å². The number of halogens is 2. The molecule has 1 N–H and O–H groups in total. The van der Waals surface area contributed by atoms with Crippen LogP contribution in [0.15, 0.2) is 18.2 Å². The molecule has 0 amide bonds. The predicted molar refractivity (Wildman–Crippen MR) is 65.9 cm³/mol. The van der Waals surface area contributed by atoms with Crippen LogP contribution in [0.2, 0.25) is 5.02 Å². The standard InChI is InChI=1S/C13H15ClFN/c1-3-5-13(16-8-4-2)11-7-6-10(15)9-12(11)14/h1,6-7,9,13,16H,4-5,8H2,2H3. The van der Waals surface area contributed by atoms with Crippen molar-refractivity contribution < 1.29 is 4.39 Å². The second-order valence-electron chi connectivity index (χ2n) is 3.58. The van der Waals surface area contributed by atoms with Crippen LogP contribution in [0.25, 0.3) is 0 Å². The van der Waals surface area contributed by atoms with E-state index in [4.69, 9.17) is 18.0 Å². The van der Waals surface area contributed by atoms with Crippen molar-refractivity contribution >= 4 is 11.6 Å². The fourth-order valence-electron chi connectivity index (χ4n) is 1.51. The van der Waals surface area contributed by atoms with Gasteiger partial charge in [0.05, 0.1) is 0 Å². The van der Waals surface area contributed by atoms with Crippen molar-refractivity contribution in [2.45, 2.75) is 25.8 Å². The van der Waals surface area contributed by atoms with Gasteiger partial charge in [0.2, 0.25) is 0 Å². The Kier molecular flexibility index (Phi) is 5.31. The van der Waals surface area contributed by atoms with Gasteiger partial charge in [-0.1, -0.05) is 24.6 Å². The highest BCUT2D eigenvalue weighted by Gasteiger charge is 2.13. The Labute approximate surface area is 101 Å². The number of hydrogen-bond donors (Lipinski definition) is 1. The zero-order valence-corrected chi connectivity index (χ0v) is 10.0. The maximum absolute atomic E-state index is 12.9. The molecule has 0 aliphatic rings. The maximum Gasteiger partial charge on any atom is 0.124 e. The number of terminal acetylenes is 1. The first-order valence-corrected chi connectivity index (χ1v) is 5.68. The van der Waals surface area contributed by atoms with Gasteiger partial charge in [-0.05, 0) is 30.7 Å². The molecule has 0 aliphatic heterocycles. The highest BCUT2D eigenvalue weighted by molar-refractivity contribution is 6.31. The van der Waals surface area contributed by atoms with E-state index in [0.717, 1.165) is 18.5 Å². The first kappa shape index (κ1) is 13.0. The lowest BCUT2D eigenvalue weighted by atomic mass is 10.0. The van der Waals surface area contributed by atoms with E-state index in [-0.39, 0.29) is 11.9 Å². The first-order chi connectivity index (χ1) is 7.69. The van der Waals surface area contributed by atoms with Crippen LogP contribution in [0.3, 0.4) is 0 Å². The Balaban J connectivity index is 2.88. The number of rotatable bonds is 5. The van der Waals surface area contributed by atoms with Crippen molar-refractivity contribution in [3.8, 4) is 12.3 Å². The number of benzene rings is 1. The summed E-state index contributed by atoms with van der Waals surface area (Å²) in [7, 11) is 0. The van der Waals surface area contributed by atoms with Crippen molar-refractivity contribution in [1.82, 2.24) is 5.32 Å². The Morgan fingerprint density at radius 1 is 1.56 bits per heavy atom. The zero-order chi connectivity index (χ0) is 12.0. The predicted octanol–water partition coefficient (Wildman–Crippen LogP) is 3.54. The molecule has 0 spiro atoms. The van der Waals surface area contributed by atoms with Crippen molar-refractivity contribution in [2.75, 3.05) is 6.54 Å². The Morgan fingerprint density at radius 3 is 2.88 bits per heavy atom. The lowest BCUT2D eigenvalue weighted by Crippen LogP contribution is -2.22. The van der Waals surface area contributed by atoms with Gasteiger partial charge in [0.1, 0.15) is 5.82 Å². The van der Waals surface area contributed by atoms with Gasteiger partial charge in [0.25, 0.3) is 0 Å². The molecule has 1 nitrogen and oxygen atoms in total. The van der Waals surface area contributed by atoms with E-state index < -0.39 is 0 Å². The molecule has 0 saturated carbocycles. The smallest absolute Gasteiger partial charge is 0.124 e. The summed E-state index contributed by atoms with van der Waals surface area (Å²) < 4.78 is 12.9. The van der Waals surface area contributed by atoms with Crippen LogP contribution >= 0.6 is 11.6 Å². The van der Waals surface area contributed by atoms with Gasteiger partial charge in [0, 0.05) is 17.5 Å². The highest BCUT2D eigenvalue weighted by Crippen LogP contribution is 2.25. The third-order valence-corrected chi connectivity index (χ3v) is 2.63. The van der Waals surface area contributed by atoms with Gasteiger partial charge < -0.3 is 5.32 Å². The summed E-state index contributed by atoms with van der Waals surface area (Å²) in [6.07, 6.45) is 6.87. The molecule has 0 radical (unpaired) electrons. The lowest BCUT2D eigenvalue weighted by molar-refractivity contribution is 0.541. The molecule has 86 valence electrons. The fourth-order valence-corrected chi connectivity index (χ4v) is 1.81. The topological polar surface area (TPSA) is 12.0 Å². The number of hydrogen-bond acceptors (Lipinski definition) is 1.